The Kier molecular flexibility index (Phi) is 5.18. The van der Waals surface area contributed by atoms with Crippen LogP contribution in [0, 0.1) is 0 Å². The van der Waals surface area contributed by atoms with Crippen LogP contribution >= 0.6 is 0 Å². The average molecular weight is 274 g/mol. The van der Waals surface area contributed by atoms with Gasteiger partial charge in [0.05, 0.1) is 12.1 Å². The minimum absolute atomic E-state index is 0.0229. The first kappa shape index (κ1) is 14.6. The fourth-order valence-electron chi connectivity index (χ4n) is 2.23. The molecule has 1 amide bonds. The molecular formula is C16H22N2O2. The van der Waals surface area contributed by atoms with Crippen molar-refractivity contribution in [3.63, 3.8) is 0 Å². The molecule has 0 aliphatic carbocycles. The number of nitrogens with zero attached hydrogens (tertiary/aromatic N) is 1. The molecule has 1 aliphatic heterocycles. The lowest BCUT2D eigenvalue weighted by Gasteiger charge is -2.21. The Morgan fingerprint density at radius 2 is 2.25 bits per heavy atom. The minimum Gasteiger partial charge on any atom is -0.491 e. The molecule has 108 valence electrons. The van der Waals surface area contributed by atoms with Gasteiger partial charge in [-0.1, -0.05) is 25.6 Å². The van der Waals surface area contributed by atoms with Gasteiger partial charge in [-0.15, -0.1) is 0 Å². The van der Waals surface area contributed by atoms with Crippen molar-refractivity contribution in [1.82, 2.24) is 10.2 Å². The number of ether oxygens (including phenoxy) is 1. The molecule has 0 fully saturated rings. The van der Waals surface area contributed by atoms with Crippen LogP contribution in [0.5, 0.6) is 5.75 Å². The molecule has 0 saturated carbocycles. The Bertz CT molecular complexity index is 485. The maximum absolute atomic E-state index is 12.5. The van der Waals surface area contributed by atoms with Crippen LogP contribution in [0.4, 0.5) is 0 Å². The zero-order valence-corrected chi connectivity index (χ0v) is 12.0. The second-order valence-corrected chi connectivity index (χ2v) is 5.00. The highest BCUT2D eigenvalue weighted by atomic mass is 16.5. The van der Waals surface area contributed by atoms with Crippen LogP contribution < -0.4 is 10.1 Å². The molecule has 1 heterocycles. The van der Waals surface area contributed by atoms with Crippen LogP contribution in [0.15, 0.2) is 36.4 Å². The minimum atomic E-state index is 0.0229. The van der Waals surface area contributed by atoms with Crippen molar-refractivity contribution in [1.29, 1.82) is 0 Å². The fourth-order valence-corrected chi connectivity index (χ4v) is 2.23. The Morgan fingerprint density at radius 1 is 1.45 bits per heavy atom. The van der Waals surface area contributed by atoms with Gasteiger partial charge >= 0.3 is 0 Å². The molecule has 0 unspecified atom stereocenters. The molecule has 0 radical (unpaired) electrons. The molecule has 0 saturated heterocycles. The number of hydrogen-bond donors (Lipinski definition) is 1. The third-order valence-corrected chi connectivity index (χ3v) is 3.24. The summed E-state index contributed by atoms with van der Waals surface area (Å²) in [6, 6.07) is 7.40. The lowest BCUT2D eigenvalue weighted by molar-refractivity contribution is 0.0770. The summed E-state index contributed by atoms with van der Waals surface area (Å²) < 4.78 is 5.62. The number of carbonyl (C=O) groups excluding carboxylic acids is 1. The van der Waals surface area contributed by atoms with E-state index in [-0.39, 0.29) is 5.91 Å². The number of nitrogens with one attached hydrogen (secondary N) is 1. The van der Waals surface area contributed by atoms with Gasteiger partial charge in [0.2, 0.25) is 0 Å². The molecule has 1 aliphatic rings. The van der Waals surface area contributed by atoms with E-state index in [2.05, 4.69) is 18.8 Å². The van der Waals surface area contributed by atoms with Crippen molar-refractivity contribution in [3.05, 3.63) is 42.0 Å². The normalized spacial score (nSPS) is 14.4. The Morgan fingerprint density at radius 3 is 3.05 bits per heavy atom. The molecule has 0 spiro atoms. The second kappa shape index (κ2) is 7.10. The molecule has 0 atom stereocenters. The lowest BCUT2D eigenvalue weighted by Crippen LogP contribution is -2.35. The summed E-state index contributed by atoms with van der Waals surface area (Å²) in [6.07, 6.45) is 1.09. The topological polar surface area (TPSA) is 41.6 Å². The summed E-state index contributed by atoms with van der Waals surface area (Å²) in [7, 11) is 0. The fraction of sp³-hybridized carbons (Fsp3) is 0.438. The molecule has 20 heavy (non-hydrogen) atoms. The second-order valence-electron chi connectivity index (χ2n) is 5.00. The van der Waals surface area contributed by atoms with Gasteiger partial charge in [0.1, 0.15) is 12.4 Å². The maximum Gasteiger partial charge on any atom is 0.258 e. The van der Waals surface area contributed by atoms with Crippen LogP contribution in [-0.4, -0.2) is 43.6 Å². The highest BCUT2D eigenvalue weighted by Crippen LogP contribution is 2.22. The van der Waals surface area contributed by atoms with Gasteiger partial charge in [0.15, 0.2) is 0 Å². The largest absolute Gasteiger partial charge is 0.491 e. The quantitative estimate of drug-likeness (QED) is 0.638. The van der Waals surface area contributed by atoms with E-state index in [1.54, 1.807) is 0 Å². The first-order chi connectivity index (χ1) is 9.72. The zero-order chi connectivity index (χ0) is 14.4. The van der Waals surface area contributed by atoms with Gasteiger partial charge in [-0.05, 0) is 30.7 Å². The molecular weight excluding hydrogens is 252 g/mol. The van der Waals surface area contributed by atoms with Crippen molar-refractivity contribution < 1.29 is 9.53 Å². The Labute approximate surface area is 120 Å². The van der Waals surface area contributed by atoms with E-state index in [1.165, 1.54) is 0 Å². The van der Waals surface area contributed by atoms with E-state index in [1.807, 2.05) is 29.2 Å². The number of fused-ring (bicyclic) bond motifs is 1. The van der Waals surface area contributed by atoms with E-state index in [0.717, 1.165) is 25.1 Å². The summed E-state index contributed by atoms with van der Waals surface area (Å²) in [4.78, 5) is 14.3. The van der Waals surface area contributed by atoms with E-state index in [0.29, 0.717) is 31.0 Å². The molecule has 1 N–H and O–H groups in total. The first-order valence-corrected chi connectivity index (χ1v) is 7.11. The van der Waals surface area contributed by atoms with Gasteiger partial charge in [-0.25, -0.2) is 0 Å². The lowest BCUT2D eigenvalue weighted by atomic mass is 10.1. The van der Waals surface area contributed by atoms with E-state index >= 15 is 0 Å². The molecule has 4 heteroatoms. The van der Waals surface area contributed by atoms with Crippen LogP contribution in [0.25, 0.3) is 0 Å². The zero-order valence-electron chi connectivity index (χ0n) is 12.0. The summed E-state index contributed by atoms with van der Waals surface area (Å²) in [5, 5.41) is 3.31. The Balaban J connectivity index is 1.99. The Hall–Kier alpha value is -1.81. The van der Waals surface area contributed by atoms with Gasteiger partial charge in [-0.3, -0.25) is 4.79 Å². The van der Waals surface area contributed by atoms with E-state index in [9.17, 15) is 4.79 Å². The summed E-state index contributed by atoms with van der Waals surface area (Å²) >= 11 is 0. The molecule has 4 nitrogen and oxygen atoms in total. The van der Waals surface area contributed by atoms with Gasteiger partial charge in [0, 0.05) is 13.1 Å². The molecule has 1 aromatic rings. The smallest absolute Gasteiger partial charge is 0.258 e. The predicted molar refractivity (Wildman–Crippen MR) is 80.1 cm³/mol. The maximum atomic E-state index is 12.5. The van der Waals surface area contributed by atoms with Gasteiger partial charge in [0.25, 0.3) is 5.91 Å². The summed E-state index contributed by atoms with van der Waals surface area (Å²) in [5.41, 5.74) is 1.66. The average Bonchev–Trinajstić information content (AvgIpc) is 2.60. The standard InChI is InChI=1S/C16H22N2O2/c1-3-8-17-11-13(2)12-18-9-10-20-15-7-5-4-6-14(15)16(18)19/h4-7,17H,2-3,8-12H2,1H3. The number of carbonyl (C=O) groups is 1. The van der Waals surface area contributed by atoms with Crippen LogP contribution in [0.3, 0.4) is 0 Å². The van der Waals surface area contributed by atoms with Crippen molar-refractivity contribution >= 4 is 5.91 Å². The first-order valence-electron chi connectivity index (χ1n) is 7.11. The van der Waals surface area contributed by atoms with E-state index < -0.39 is 0 Å². The third-order valence-electron chi connectivity index (χ3n) is 3.24. The molecule has 0 aromatic heterocycles. The van der Waals surface area contributed by atoms with Crippen LogP contribution in [0.1, 0.15) is 23.7 Å². The van der Waals surface area contributed by atoms with Gasteiger partial charge < -0.3 is 15.0 Å². The van der Waals surface area contributed by atoms with Crippen molar-refractivity contribution in [2.24, 2.45) is 0 Å². The predicted octanol–water partition coefficient (Wildman–Crippen LogP) is 2.08. The monoisotopic (exact) mass is 274 g/mol. The SMILES string of the molecule is C=C(CNCCC)CN1CCOc2ccccc2C1=O. The number of para-hydroxylation sites is 1. The van der Waals surface area contributed by atoms with Gasteiger partial charge in [-0.2, -0.15) is 0 Å². The number of amides is 1. The van der Waals surface area contributed by atoms with Crippen LogP contribution in [-0.2, 0) is 0 Å². The van der Waals surface area contributed by atoms with Crippen LogP contribution in [0.2, 0.25) is 0 Å². The van der Waals surface area contributed by atoms with Crippen molar-refractivity contribution in [3.8, 4) is 5.75 Å². The highest BCUT2D eigenvalue weighted by molar-refractivity contribution is 5.97. The summed E-state index contributed by atoms with van der Waals surface area (Å²) in [6.45, 7) is 9.59. The van der Waals surface area contributed by atoms with Crippen molar-refractivity contribution in [2.75, 3.05) is 32.8 Å². The number of benzene rings is 1. The molecule has 0 bridgehead atoms. The van der Waals surface area contributed by atoms with E-state index in [4.69, 9.17) is 4.74 Å². The summed E-state index contributed by atoms with van der Waals surface area (Å²) in [5.74, 6) is 0.699. The number of hydrogen-bond acceptors (Lipinski definition) is 3. The third kappa shape index (κ3) is 3.61. The van der Waals surface area contributed by atoms with Crippen molar-refractivity contribution in [2.45, 2.75) is 13.3 Å². The highest BCUT2D eigenvalue weighted by Gasteiger charge is 2.23. The number of rotatable bonds is 6. The molecule has 2 rings (SSSR count). The molecule has 1 aromatic carbocycles.